The average Bonchev–Trinajstić information content (AvgIpc) is 2.92. The number of hydrogen-bond donors (Lipinski definition) is 1. The minimum absolute atomic E-state index is 0.370. The Kier molecular flexibility index (Phi) is 5.02. The van der Waals surface area contributed by atoms with E-state index in [1.807, 2.05) is 31.2 Å². The molecule has 1 aliphatic rings. The number of benzene rings is 1. The Bertz CT molecular complexity index is 341. The Morgan fingerprint density at radius 3 is 2.78 bits per heavy atom. The van der Waals surface area contributed by atoms with Crippen LogP contribution < -0.4 is 4.74 Å². The maximum atomic E-state index is 9.68. The lowest BCUT2D eigenvalue weighted by atomic mass is 10.1. The zero-order chi connectivity index (χ0) is 12.8. The first kappa shape index (κ1) is 13.4. The van der Waals surface area contributed by atoms with E-state index >= 15 is 0 Å². The molecular formula is C15H22O3. The minimum atomic E-state index is -0.370. The van der Waals surface area contributed by atoms with Crippen LogP contribution in [-0.2, 0) is 4.74 Å². The van der Waals surface area contributed by atoms with Gasteiger partial charge >= 0.3 is 0 Å². The van der Waals surface area contributed by atoms with Gasteiger partial charge < -0.3 is 14.6 Å². The third-order valence-corrected chi connectivity index (χ3v) is 3.38. The van der Waals surface area contributed by atoms with Crippen LogP contribution in [0.25, 0.3) is 0 Å². The Morgan fingerprint density at radius 1 is 1.39 bits per heavy atom. The highest BCUT2D eigenvalue weighted by Gasteiger charge is 2.15. The van der Waals surface area contributed by atoms with Gasteiger partial charge in [0, 0.05) is 13.0 Å². The zero-order valence-electron chi connectivity index (χ0n) is 11.0. The molecule has 3 heteroatoms. The molecule has 1 fully saturated rings. The molecule has 2 rings (SSSR count). The fourth-order valence-electron chi connectivity index (χ4n) is 2.20. The molecular weight excluding hydrogens is 228 g/mol. The van der Waals surface area contributed by atoms with Gasteiger partial charge in [0.1, 0.15) is 5.75 Å². The van der Waals surface area contributed by atoms with E-state index in [0.29, 0.717) is 12.7 Å². The molecule has 1 saturated heterocycles. The molecule has 0 aromatic heterocycles. The summed E-state index contributed by atoms with van der Waals surface area (Å²) < 4.78 is 11.2. The second-order valence-corrected chi connectivity index (χ2v) is 4.77. The van der Waals surface area contributed by atoms with Gasteiger partial charge in [0.2, 0.25) is 0 Å². The molecule has 0 bridgehead atoms. The van der Waals surface area contributed by atoms with Gasteiger partial charge in [-0.15, -0.1) is 0 Å². The summed E-state index contributed by atoms with van der Waals surface area (Å²) in [5.41, 5.74) is 0.948. The second-order valence-electron chi connectivity index (χ2n) is 4.77. The van der Waals surface area contributed by atoms with E-state index in [4.69, 9.17) is 9.47 Å². The van der Waals surface area contributed by atoms with Gasteiger partial charge in [-0.3, -0.25) is 0 Å². The van der Waals surface area contributed by atoms with E-state index in [9.17, 15) is 5.11 Å². The van der Waals surface area contributed by atoms with Crippen molar-refractivity contribution < 1.29 is 14.6 Å². The van der Waals surface area contributed by atoms with E-state index in [1.165, 1.54) is 6.42 Å². The standard InChI is InChI=1S/C15H22O3/c1-2-15(16)12-5-7-14(8-6-12)18-11-9-13-4-3-10-17-13/h5-8,13,15-16H,2-4,9-11H2,1H3/t13?,15-/m0/s1. The molecule has 1 N–H and O–H groups in total. The van der Waals surface area contributed by atoms with Gasteiger partial charge in [-0.05, 0) is 37.0 Å². The minimum Gasteiger partial charge on any atom is -0.493 e. The average molecular weight is 250 g/mol. The lowest BCUT2D eigenvalue weighted by Crippen LogP contribution is -2.10. The first-order chi connectivity index (χ1) is 8.79. The molecule has 3 nitrogen and oxygen atoms in total. The van der Waals surface area contributed by atoms with Crippen molar-refractivity contribution in [3.05, 3.63) is 29.8 Å². The van der Waals surface area contributed by atoms with E-state index in [1.54, 1.807) is 0 Å². The maximum absolute atomic E-state index is 9.68. The van der Waals surface area contributed by atoms with E-state index < -0.39 is 0 Å². The summed E-state index contributed by atoms with van der Waals surface area (Å²) in [6.07, 6.45) is 4.04. The summed E-state index contributed by atoms with van der Waals surface area (Å²) in [6.45, 7) is 3.56. The molecule has 0 radical (unpaired) electrons. The Balaban J connectivity index is 1.75. The van der Waals surface area contributed by atoms with Crippen LogP contribution in [0.15, 0.2) is 24.3 Å². The highest BCUT2D eigenvalue weighted by Crippen LogP contribution is 2.20. The van der Waals surface area contributed by atoms with Gasteiger partial charge in [-0.25, -0.2) is 0 Å². The fourth-order valence-corrected chi connectivity index (χ4v) is 2.20. The zero-order valence-corrected chi connectivity index (χ0v) is 11.0. The van der Waals surface area contributed by atoms with E-state index in [-0.39, 0.29) is 6.10 Å². The summed E-state index contributed by atoms with van der Waals surface area (Å²) in [5.74, 6) is 0.861. The van der Waals surface area contributed by atoms with Gasteiger partial charge in [-0.2, -0.15) is 0 Å². The van der Waals surface area contributed by atoms with Gasteiger partial charge in [-0.1, -0.05) is 19.1 Å². The molecule has 0 spiro atoms. The number of rotatable bonds is 6. The predicted molar refractivity (Wildman–Crippen MR) is 70.8 cm³/mol. The van der Waals surface area contributed by atoms with Gasteiger partial charge in [0.15, 0.2) is 0 Å². The fraction of sp³-hybridized carbons (Fsp3) is 0.600. The number of hydrogen-bond acceptors (Lipinski definition) is 3. The van der Waals surface area contributed by atoms with Crippen LogP contribution in [0, 0.1) is 0 Å². The Labute approximate surface area is 109 Å². The van der Waals surface area contributed by atoms with Crippen LogP contribution in [0.3, 0.4) is 0 Å². The van der Waals surface area contributed by atoms with Crippen LogP contribution in [0.5, 0.6) is 5.75 Å². The van der Waals surface area contributed by atoms with Crippen LogP contribution >= 0.6 is 0 Å². The number of aliphatic hydroxyl groups excluding tert-OH is 1. The molecule has 1 aromatic carbocycles. The highest BCUT2D eigenvalue weighted by molar-refractivity contribution is 5.28. The van der Waals surface area contributed by atoms with Crippen LogP contribution in [0.4, 0.5) is 0 Å². The molecule has 1 aliphatic heterocycles. The molecule has 0 amide bonds. The molecule has 1 aromatic rings. The van der Waals surface area contributed by atoms with Crippen molar-refractivity contribution in [2.24, 2.45) is 0 Å². The van der Waals surface area contributed by atoms with E-state index in [2.05, 4.69) is 0 Å². The summed E-state index contributed by atoms with van der Waals surface area (Å²) >= 11 is 0. The molecule has 0 saturated carbocycles. The van der Waals surface area contributed by atoms with Crippen LogP contribution in [-0.4, -0.2) is 24.4 Å². The third-order valence-electron chi connectivity index (χ3n) is 3.38. The summed E-state index contributed by atoms with van der Waals surface area (Å²) in [6, 6.07) is 7.69. The summed E-state index contributed by atoms with van der Waals surface area (Å²) in [4.78, 5) is 0. The lowest BCUT2D eigenvalue weighted by molar-refractivity contribution is 0.0903. The van der Waals surface area contributed by atoms with Crippen molar-refractivity contribution in [2.75, 3.05) is 13.2 Å². The van der Waals surface area contributed by atoms with Crippen LogP contribution in [0.1, 0.15) is 44.3 Å². The van der Waals surface area contributed by atoms with Crippen molar-refractivity contribution in [2.45, 2.75) is 44.8 Å². The number of aliphatic hydroxyl groups is 1. The van der Waals surface area contributed by atoms with E-state index in [0.717, 1.165) is 37.2 Å². The molecule has 1 unspecified atom stereocenters. The molecule has 2 atom stereocenters. The molecule has 0 aliphatic carbocycles. The molecule has 100 valence electrons. The highest BCUT2D eigenvalue weighted by atomic mass is 16.5. The third kappa shape index (κ3) is 3.72. The van der Waals surface area contributed by atoms with Crippen molar-refractivity contribution in [3.63, 3.8) is 0 Å². The lowest BCUT2D eigenvalue weighted by Gasteiger charge is -2.12. The summed E-state index contributed by atoms with van der Waals surface area (Å²) in [7, 11) is 0. The second kappa shape index (κ2) is 6.76. The topological polar surface area (TPSA) is 38.7 Å². The predicted octanol–water partition coefficient (Wildman–Crippen LogP) is 3.08. The summed E-state index contributed by atoms with van der Waals surface area (Å²) in [5, 5.41) is 9.68. The van der Waals surface area contributed by atoms with Crippen molar-refractivity contribution in [1.29, 1.82) is 0 Å². The van der Waals surface area contributed by atoms with Crippen molar-refractivity contribution in [1.82, 2.24) is 0 Å². The maximum Gasteiger partial charge on any atom is 0.119 e. The Hall–Kier alpha value is -1.06. The van der Waals surface area contributed by atoms with Gasteiger partial charge in [0.25, 0.3) is 0 Å². The van der Waals surface area contributed by atoms with Crippen molar-refractivity contribution in [3.8, 4) is 5.75 Å². The largest absolute Gasteiger partial charge is 0.493 e. The number of ether oxygens (including phenoxy) is 2. The van der Waals surface area contributed by atoms with Gasteiger partial charge in [0.05, 0.1) is 18.8 Å². The van der Waals surface area contributed by atoms with Crippen LogP contribution in [0.2, 0.25) is 0 Å². The first-order valence-electron chi connectivity index (χ1n) is 6.82. The monoisotopic (exact) mass is 250 g/mol. The van der Waals surface area contributed by atoms with Crippen molar-refractivity contribution >= 4 is 0 Å². The first-order valence-corrected chi connectivity index (χ1v) is 6.82. The SMILES string of the molecule is CC[C@H](O)c1ccc(OCCC2CCCO2)cc1. The smallest absolute Gasteiger partial charge is 0.119 e. The molecule has 18 heavy (non-hydrogen) atoms. The Morgan fingerprint density at radius 2 is 2.17 bits per heavy atom. The quantitative estimate of drug-likeness (QED) is 0.843. The normalized spacial score (nSPS) is 20.9. The molecule has 1 heterocycles.